The van der Waals surface area contributed by atoms with Gasteiger partial charge in [-0.1, -0.05) is 41.4 Å². The molecular weight excluding hydrogens is 635 g/mol. The summed E-state index contributed by atoms with van der Waals surface area (Å²) < 4.78 is 33.7. The summed E-state index contributed by atoms with van der Waals surface area (Å²) in [4.78, 5) is 28.3. The van der Waals surface area contributed by atoms with Crippen LogP contribution in [0.2, 0.25) is 9.36 Å². The fourth-order valence-corrected chi connectivity index (χ4v) is 10.2. The average molecular weight is 660 g/mol. The topological polar surface area (TPSA) is 84.0 Å². The van der Waals surface area contributed by atoms with E-state index < -0.39 is 15.9 Å². The minimum atomic E-state index is -3.86. The molecule has 0 radical (unpaired) electrons. The highest BCUT2D eigenvalue weighted by atomic mass is 79.9. The van der Waals surface area contributed by atoms with E-state index in [9.17, 15) is 18.0 Å². The number of hydrogen-bond donors (Lipinski definition) is 0. The van der Waals surface area contributed by atoms with Gasteiger partial charge in [-0.15, -0.1) is 11.3 Å². The van der Waals surface area contributed by atoms with Crippen molar-refractivity contribution in [3.8, 4) is 0 Å². The van der Waals surface area contributed by atoms with E-state index in [-0.39, 0.29) is 42.7 Å². The van der Waals surface area contributed by atoms with Crippen molar-refractivity contribution in [3.63, 3.8) is 0 Å². The van der Waals surface area contributed by atoms with Gasteiger partial charge in [0, 0.05) is 56.6 Å². The second-order valence-electron chi connectivity index (χ2n) is 9.41. The fourth-order valence-electron chi connectivity index (χ4n) is 5.24. The molecule has 1 aromatic heterocycles. The number of ketones is 1. The fraction of sp³-hybridized carbons (Fsp3) is 0.385. The second-order valence-corrected chi connectivity index (χ2v) is 14.3. The van der Waals surface area contributed by atoms with Gasteiger partial charge in [0.2, 0.25) is 0 Å². The van der Waals surface area contributed by atoms with Crippen LogP contribution in [0.4, 0.5) is 5.69 Å². The smallest absolute Gasteiger partial charge is 0.258 e. The molecule has 0 bridgehead atoms. The number of Topliss-reactive ketones (excluding diaryl/α,β-unsaturated/α-hetero) is 1. The Bertz CT molecular complexity index is 1540. The number of amides is 1. The summed E-state index contributed by atoms with van der Waals surface area (Å²) in [7, 11) is -2.22. The highest BCUT2D eigenvalue weighted by Crippen LogP contribution is 2.45. The summed E-state index contributed by atoms with van der Waals surface area (Å²) in [5.41, 5.74) is 2.32. The lowest BCUT2D eigenvalue weighted by molar-refractivity contribution is -0.123. The van der Waals surface area contributed by atoms with Gasteiger partial charge in [-0.2, -0.15) is 4.31 Å². The third-order valence-corrected chi connectivity index (χ3v) is 13.0. The van der Waals surface area contributed by atoms with E-state index in [1.165, 1.54) is 4.31 Å². The minimum absolute atomic E-state index is 0.0202. The van der Waals surface area contributed by atoms with E-state index in [1.54, 1.807) is 12.0 Å². The van der Waals surface area contributed by atoms with Crippen LogP contribution < -0.4 is 4.90 Å². The maximum Gasteiger partial charge on any atom is 0.258 e. The molecule has 12 heteroatoms. The molecule has 1 saturated heterocycles. The van der Waals surface area contributed by atoms with Crippen molar-refractivity contribution in [2.24, 2.45) is 5.92 Å². The number of anilines is 1. The molecule has 0 N–H and O–H groups in total. The number of carbonyl (C=O) groups excluding carboxylic acids is 2. The van der Waals surface area contributed by atoms with Crippen LogP contribution in [-0.2, 0) is 26.0 Å². The molecule has 7 nitrogen and oxygen atoms in total. The van der Waals surface area contributed by atoms with Gasteiger partial charge in [0.25, 0.3) is 15.9 Å². The molecule has 1 amide bonds. The molecule has 0 spiro atoms. The molecule has 1 unspecified atom stereocenters. The number of ether oxygens (including phenoxy) is 1. The predicted octanol–water partition coefficient (Wildman–Crippen LogP) is 6.18. The molecule has 3 aromatic rings. The maximum atomic E-state index is 13.5. The first-order chi connectivity index (χ1) is 18.1. The van der Waals surface area contributed by atoms with Crippen LogP contribution in [0, 0.1) is 5.92 Å². The lowest BCUT2D eigenvalue weighted by Crippen LogP contribution is -2.42. The molecule has 0 saturated carbocycles. The van der Waals surface area contributed by atoms with E-state index >= 15 is 0 Å². The van der Waals surface area contributed by atoms with Crippen LogP contribution in [0.25, 0.3) is 10.8 Å². The highest BCUT2D eigenvalue weighted by Gasteiger charge is 2.37. The molecular formula is C26H25BrCl2N2O5S2. The van der Waals surface area contributed by atoms with Crippen LogP contribution in [0.1, 0.15) is 35.2 Å². The molecule has 2 aliphatic rings. The summed E-state index contributed by atoms with van der Waals surface area (Å²) >= 11 is 16.3. The van der Waals surface area contributed by atoms with Gasteiger partial charge in [0.1, 0.15) is 10.1 Å². The number of piperidine rings is 1. The van der Waals surface area contributed by atoms with E-state index in [0.717, 1.165) is 39.8 Å². The zero-order valence-electron chi connectivity index (χ0n) is 20.5. The van der Waals surface area contributed by atoms with Crippen LogP contribution in [0.15, 0.2) is 39.0 Å². The Balaban J connectivity index is 1.37. The molecule has 1 fully saturated rings. The van der Waals surface area contributed by atoms with Crippen LogP contribution >= 0.6 is 50.5 Å². The number of sulfonamides is 1. The van der Waals surface area contributed by atoms with E-state index in [1.807, 2.05) is 30.3 Å². The zero-order valence-corrected chi connectivity index (χ0v) is 25.2. The number of halogens is 3. The molecule has 3 heterocycles. The lowest BCUT2D eigenvalue weighted by atomic mass is 9.89. The summed E-state index contributed by atoms with van der Waals surface area (Å²) in [6, 6.07) is 9.42. The Labute approximate surface area is 243 Å². The largest absolute Gasteiger partial charge is 0.385 e. The normalized spacial score (nSPS) is 18.1. The molecule has 38 heavy (non-hydrogen) atoms. The average Bonchev–Trinajstić information content (AvgIpc) is 3.34. The van der Waals surface area contributed by atoms with Gasteiger partial charge in [0.15, 0.2) is 4.21 Å². The first kappa shape index (κ1) is 28.0. The molecule has 0 aliphatic carbocycles. The molecule has 2 aromatic carbocycles. The van der Waals surface area contributed by atoms with Gasteiger partial charge < -0.3 is 9.64 Å². The number of benzene rings is 2. The third-order valence-electron chi connectivity index (χ3n) is 7.11. The van der Waals surface area contributed by atoms with Crippen LogP contribution in [0.5, 0.6) is 0 Å². The maximum absolute atomic E-state index is 13.5. The quantitative estimate of drug-likeness (QED) is 0.256. The molecule has 1 atom stereocenters. The van der Waals surface area contributed by atoms with Crippen molar-refractivity contribution < 1.29 is 22.7 Å². The first-order valence-corrected chi connectivity index (χ1v) is 16.0. The number of carbonyl (C=O) groups is 2. The Morgan fingerprint density at radius 3 is 2.74 bits per heavy atom. The Morgan fingerprint density at radius 1 is 1.24 bits per heavy atom. The van der Waals surface area contributed by atoms with Crippen molar-refractivity contribution in [2.45, 2.75) is 29.9 Å². The van der Waals surface area contributed by atoms with Gasteiger partial charge in [0.05, 0.1) is 15.2 Å². The van der Waals surface area contributed by atoms with Crippen molar-refractivity contribution in [1.29, 1.82) is 0 Å². The Hall–Kier alpha value is -1.53. The number of rotatable bonds is 9. The van der Waals surface area contributed by atoms with Gasteiger partial charge in [-0.05, 0) is 58.3 Å². The number of methoxy groups -OCH3 is 1. The van der Waals surface area contributed by atoms with Crippen molar-refractivity contribution in [3.05, 3.63) is 55.3 Å². The SMILES string of the molecule is COCCCN1C(=O)c2cccc3c(CC(=O)C4CCCN(S(=O)(=O)c5sc(Cl)c(Cl)c5Br)C4)ccc1c23. The lowest BCUT2D eigenvalue weighted by Gasteiger charge is -2.31. The highest BCUT2D eigenvalue weighted by molar-refractivity contribution is 9.10. The first-order valence-electron chi connectivity index (χ1n) is 12.2. The summed E-state index contributed by atoms with van der Waals surface area (Å²) in [5, 5.41) is 1.91. The summed E-state index contributed by atoms with van der Waals surface area (Å²) in [6.07, 6.45) is 2.08. The number of nitrogens with zero attached hydrogens (tertiary/aromatic N) is 2. The minimum Gasteiger partial charge on any atom is -0.385 e. The Morgan fingerprint density at radius 2 is 2.03 bits per heavy atom. The van der Waals surface area contributed by atoms with E-state index in [4.69, 9.17) is 27.9 Å². The van der Waals surface area contributed by atoms with E-state index in [0.29, 0.717) is 38.1 Å². The standard InChI is InChI=1S/C26H25BrCl2N2O5S2/c1-36-12-4-11-31-19-9-8-15(17-6-2-7-18(21(17)19)25(31)33)13-20(32)16-5-3-10-30(14-16)38(34,35)26-22(27)23(28)24(29)37-26/h2,6-9,16H,3-5,10-14H2,1H3. The molecule has 2 aliphatic heterocycles. The zero-order chi connectivity index (χ0) is 27.2. The summed E-state index contributed by atoms with van der Waals surface area (Å²) in [6.45, 7) is 1.55. The van der Waals surface area contributed by atoms with E-state index in [2.05, 4.69) is 15.9 Å². The Kier molecular flexibility index (Phi) is 8.22. The molecule has 5 rings (SSSR count). The number of hydrogen-bond acceptors (Lipinski definition) is 6. The predicted molar refractivity (Wildman–Crippen MR) is 154 cm³/mol. The van der Waals surface area contributed by atoms with Gasteiger partial charge in [-0.3, -0.25) is 9.59 Å². The van der Waals surface area contributed by atoms with Crippen molar-refractivity contribution in [1.82, 2.24) is 4.31 Å². The monoisotopic (exact) mass is 658 g/mol. The van der Waals surface area contributed by atoms with Crippen LogP contribution in [-0.4, -0.2) is 57.8 Å². The second kappa shape index (κ2) is 11.2. The van der Waals surface area contributed by atoms with Crippen molar-refractivity contribution in [2.75, 3.05) is 38.3 Å². The van der Waals surface area contributed by atoms with Crippen LogP contribution in [0.3, 0.4) is 0 Å². The number of thiophene rings is 1. The summed E-state index contributed by atoms with van der Waals surface area (Å²) in [5.74, 6) is -0.496. The van der Waals surface area contributed by atoms with Crippen molar-refractivity contribution >= 4 is 88.6 Å². The van der Waals surface area contributed by atoms with Gasteiger partial charge >= 0.3 is 0 Å². The molecule has 202 valence electrons. The third kappa shape index (κ3) is 4.93. The van der Waals surface area contributed by atoms with Gasteiger partial charge in [-0.25, -0.2) is 8.42 Å².